The van der Waals surface area contributed by atoms with Gasteiger partial charge in [-0.3, -0.25) is 4.79 Å². The molecule has 0 amide bonds. The second-order valence-electron chi connectivity index (χ2n) is 2.72. The lowest BCUT2D eigenvalue weighted by Gasteiger charge is -2.22. The van der Waals surface area contributed by atoms with Crippen LogP contribution in [-0.2, 0) is 4.79 Å². The number of hydrogen-bond acceptors (Lipinski definition) is 1. The molecule has 0 unspecified atom stereocenters. The largest absolute Gasteiger partial charge is 0.481 e. The van der Waals surface area contributed by atoms with Gasteiger partial charge in [0.2, 0.25) is 0 Å². The molecular weight excluding hydrogens is 128 g/mol. The van der Waals surface area contributed by atoms with Crippen LogP contribution in [0.4, 0.5) is 0 Å². The van der Waals surface area contributed by atoms with E-state index in [-0.39, 0.29) is 0 Å². The molecule has 0 aliphatic heterocycles. The van der Waals surface area contributed by atoms with Crippen LogP contribution in [0.3, 0.4) is 0 Å². The van der Waals surface area contributed by atoms with E-state index in [9.17, 15) is 0 Å². The van der Waals surface area contributed by atoms with Crippen molar-refractivity contribution >= 4 is 5.97 Å². The van der Waals surface area contributed by atoms with Crippen LogP contribution in [0.15, 0.2) is 0 Å². The summed E-state index contributed by atoms with van der Waals surface area (Å²) in [5.41, 5.74) is 0. The fraction of sp³-hybridized carbons (Fsp3) is 0.875. The summed E-state index contributed by atoms with van der Waals surface area (Å²) >= 11 is 0. The van der Waals surface area contributed by atoms with Gasteiger partial charge in [-0.05, 0) is 5.92 Å². The number of hydrogen-bond donors (Lipinski definition) is 1. The third kappa shape index (κ3) is 5.60. The highest BCUT2D eigenvalue weighted by Gasteiger charge is 2.13. The van der Waals surface area contributed by atoms with Crippen molar-refractivity contribution in [1.29, 1.82) is 0 Å². The molecule has 10 heavy (non-hydrogen) atoms. The smallest absolute Gasteiger partial charge is 0.300 e. The molecule has 2 nitrogen and oxygen atoms in total. The average molecular weight is 144 g/mol. The Morgan fingerprint density at radius 2 is 2.00 bits per heavy atom. The quantitative estimate of drug-likeness (QED) is 0.613. The zero-order valence-corrected chi connectivity index (χ0v) is 6.76. The highest BCUT2D eigenvalue weighted by molar-refractivity contribution is 5.62. The van der Waals surface area contributed by atoms with Crippen LogP contribution in [0.5, 0.6) is 0 Å². The van der Waals surface area contributed by atoms with E-state index in [1.54, 1.807) is 0 Å². The minimum Gasteiger partial charge on any atom is -0.481 e. The molecule has 0 spiro atoms. The Morgan fingerprint density at radius 1 is 1.60 bits per heavy atom. The van der Waals surface area contributed by atoms with Gasteiger partial charge in [0.05, 0.1) is 0 Å². The summed E-state index contributed by atoms with van der Waals surface area (Å²) in [6.45, 7) is 3.36. The summed E-state index contributed by atoms with van der Waals surface area (Å²) in [5, 5.41) is 7.42. The highest BCUT2D eigenvalue weighted by Crippen LogP contribution is 2.28. The molecule has 0 aromatic carbocycles. The number of carboxylic acids is 1. The minimum atomic E-state index is -0.833. The summed E-state index contributed by atoms with van der Waals surface area (Å²) in [7, 11) is 0. The topological polar surface area (TPSA) is 37.3 Å². The Morgan fingerprint density at radius 3 is 2.00 bits per heavy atom. The van der Waals surface area contributed by atoms with E-state index in [4.69, 9.17) is 9.90 Å². The minimum absolute atomic E-state index is 0.833. The second kappa shape index (κ2) is 5.27. The van der Waals surface area contributed by atoms with Crippen molar-refractivity contribution in [2.24, 2.45) is 5.92 Å². The molecule has 0 aromatic heterocycles. The summed E-state index contributed by atoms with van der Waals surface area (Å²) in [5.74, 6) is 0.282. The third-order valence-electron chi connectivity index (χ3n) is 1.80. The fourth-order valence-corrected chi connectivity index (χ4v) is 0.901. The van der Waals surface area contributed by atoms with Crippen LogP contribution in [-0.4, -0.2) is 11.1 Å². The molecular formula is C8H16O2. The summed E-state index contributed by atoms with van der Waals surface area (Å²) in [4.78, 5) is 9.00. The SMILES string of the molecule is CC(=O)O.CCC1CCC1. The Labute approximate surface area is 62.2 Å². The van der Waals surface area contributed by atoms with Crippen LogP contribution >= 0.6 is 0 Å². The average Bonchev–Trinajstić information content (AvgIpc) is 1.59. The molecule has 1 aliphatic rings. The van der Waals surface area contributed by atoms with E-state index in [0.717, 1.165) is 12.8 Å². The van der Waals surface area contributed by atoms with Gasteiger partial charge in [0, 0.05) is 6.92 Å². The van der Waals surface area contributed by atoms with E-state index >= 15 is 0 Å². The molecule has 1 saturated carbocycles. The summed E-state index contributed by atoms with van der Waals surface area (Å²) in [6, 6.07) is 0. The maximum atomic E-state index is 9.00. The molecule has 60 valence electrons. The molecule has 0 saturated heterocycles. The van der Waals surface area contributed by atoms with Gasteiger partial charge in [0.15, 0.2) is 0 Å². The van der Waals surface area contributed by atoms with Gasteiger partial charge in [0.1, 0.15) is 0 Å². The van der Waals surface area contributed by atoms with Crippen molar-refractivity contribution in [2.45, 2.75) is 39.5 Å². The number of rotatable bonds is 1. The van der Waals surface area contributed by atoms with Gasteiger partial charge in [-0.1, -0.05) is 32.6 Å². The van der Waals surface area contributed by atoms with Gasteiger partial charge in [0.25, 0.3) is 5.97 Å². The lowest BCUT2D eigenvalue weighted by molar-refractivity contribution is -0.134. The zero-order chi connectivity index (χ0) is 7.98. The zero-order valence-electron chi connectivity index (χ0n) is 6.76. The Balaban J connectivity index is 0.000000180. The van der Waals surface area contributed by atoms with E-state index < -0.39 is 5.97 Å². The predicted octanol–water partition coefficient (Wildman–Crippen LogP) is 2.29. The monoisotopic (exact) mass is 144 g/mol. The third-order valence-corrected chi connectivity index (χ3v) is 1.80. The van der Waals surface area contributed by atoms with Crippen molar-refractivity contribution in [3.05, 3.63) is 0 Å². The lowest BCUT2D eigenvalue weighted by atomic mass is 9.84. The molecule has 1 rings (SSSR count). The maximum Gasteiger partial charge on any atom is 0.300 e. The van der Waals surface area contributed by atoms with Crippen molar-refractivity contribution in [3.8, 4) is 0 Å². The van der Waals surface area contributed by atoms with Gasteiger partial charge in [-0.25, -0.2) is 0 Å². The molecule has 0 radical (unpaired) electrons. The van der Waals surface area contributed by atoms with Crippen LogP contribution < -0.4 is 0 Å². The number of aliphatic carboxylic acids is 1. The number of carboxylic acid groups (broad SMARTS) is 1. The Bertz CT molecular complexity index is 88.7. The lowest BCUT2D eigenvalue weighted by Crippen LogP contribution is -2.08. The van der Waals surface area contributed by atoms with Crippen LogP contribution in [0, 0.1) is 5.92 Å². The first-order valence-electron chi connectivity index (χ1n) is 3.86. The first-order chi connectivity index (χ1) is 4.66. The van der Waals surface area contributed by atoms with E-state index in [0.29, 0.717) is 0 Å². The molecule has 0 atom stereocenters. The summed E-state index contributed by atoms with van der Waals surface area (Å²) < 4.78 is 0. The predicted molar refractivity (Wildman–Crippen MR) is 40.9 cm³/mol. The van der Waals surface area contributed by atoms with E-state index in [1.165, 1.54) is 25.7 Å². The van der Waals surface area contributed by atoms with E-state index in [2.05, 4.69) is 6.92 Å². The molecule has 1 aliphatic carbocycles. The maximum absolute atomic E-state index is 9.00. The molecule has 1 N–H and O–H groups in total. The summed E-state index contributed by atoms with van der Waals surface area (Å²) in [6.07, 6.45) is 5.94. The van der Waals surface area contributed by atoms with Gasteiger partial charge >= 0.3 is 0 Å². The van der Waals surface area contributed by atoms with Gasteiger partial charge in [-0.2, -0.15) is 0 Å². The fourth-order valence-electron chi connectivity index (χ4n) is 0.901. The standard InChI is InChI=1S/C6H12.C2H4O2/c1-2-6-4-3-5-6;1-2(3)4/h6H,2-5H2,1H3;1H3,(H,3,4). The van der Waals surface area contributed by atoms with Crippen molar-refractivity contribution in [3.63, 3.8) is 0 Å². The molecule has 1 fully saturated rings. The van der Waals surface area contributed by atoms with E-state index in [1.807, 2.05) is 0 Å². The van der Waals surface area contributed by atoms with Gasteiger partial charge < -0.3 is 5.11 Å². The first-order valence-corrected chi connectivity index (χ1v) is 3.86. The second-order valence-corrected chi connectivity index (χ2v) is 2.72. The van der Waals surface area contributed by atoms with Crippen LogP contribution in [0.25, 0.3) is 0 Å². The molecule has 0 bridgehead atoms. The van der Waals surface area contributed by atoms with Gasteiger partial charge in [-0.15, -0.1) is 0 Å². The Kier molecular flexibility index (Phi) is 4.99. The first kappa shape index (κ1) is 9.47. The Hall–Kier alpha value is -0.530. The normalized spacial score (nSPS) is 16.6. The molecule has 0 heterocycles. The molecule has 0 aromatic rings. The van der Waals surface area contributed by atoms with Crippen molar-refractivity contribution in [1.82, 2.24) is 0 Å². The van der Waals surface area contributed by atoms with Crippen LogP contribution in [0.1, 0.15) is 39.5 Å². The van der Waals surface area contributed by atoms with Crippen LogP contribution in [0.2, 0.25) is 0 Å². The van der Waals surface area contributed by atoms with Crippen molar-refractivity contribution < 1.29 is 9.90 Å². The van der Waals surface area contributed by atoms with Crippen molar-refractivity contribution in [2.75, 3.05) is 0 Å². The highest BCUT2D eigenvalue weighted by atomic mass is 16.4. The molecule has 2 heteroatoms. The number of carbonyl (C=O) groups is 1.